The Morgan fingerprint density at radius 3 is 1.82 bits per heavy atom. The van der Waals surface area contributed by atoms with E-state index in [0.717, 1.165) is 0 Å². The van der Waals surface area contributed by atoms with E-state index in [4.69, 9.17) is 30.1 Å². The Balaban J connectivity index is 0.000000483. The third kappa shape index (κ3) is 7.80. The molecule has 28 heavy (non-hydrogen) atoms. The first kappa shape index (κ1) is 26.4. The van der Waals surface area contributed by atoms with Gasteiger partial charge in [-0.1, -0.05) is 0 Å². The van der Waals surface area contributed by atoms with Gasteiger partial charge in [0.1, 0.15) is 0 Å². The summed E-state index contributed by atoms with van der Waals surface area (Å²) in [6, 6.07) is 6.05. The zero-order valence-corrected chi connectivity index (χ0v) is 18.0. The van der Waals surface area contributed by atoms with Crippen LogP contribution in [0.2, 0.25) is 0 Å². The van der Waals surface area contributed by atoms with Crippen LogP contribution in [0, 0.1) is 11.6 Å². The molecule has 0 aliphatic rings. The highest BCUT2D eigenvalue weighted by molar-refractivity contribution is 9.10. The number of aromatic hydroxyl groups is 1. The molecule has 0 amide bonds. The fourth-order valence-corrected chi connectivity index (χ4v) is 2.44. The van der Waals surface area contributed by atoms with Crippen LogP contribution < -0.4 is 14.1 Å². The van der Waals surface area contributed by atoms with Crippen LogP contribution in [0.25, 0.3) is 0 Å². The van der Waals surface area contributed by atoms with E-state index in [0.29, 0.717) is 29.8 Å². The van der Waals surface area contributed by atoms with Gasteiger partial charge in [0.2, 0.25) is 11.6 Å². The smallest absolute Gasteiger partial charge is 0.534 e. The monoisotopic (exact) mass is 529 g/mol. The van der Waals surface area contributed by atoms with Crippen molar-refractivity contribution in [2.24, 2.45) is 0 Å². The molecule has 0 saturated heterocycles. The molecule has 2 aromatic carbocycles. The number of halogens is 4. The largest absolute Gasteiger partial charge is 0.569 e. The molecule has 0 heterocycles. The number of hydrogen-bond donors (Lipinski definition) is 4. The van der Waals surface area contributed by atoms with E-state index in [1.165, 1.54) is 18.2 Å². The Kier molecular flexibility index (Phi) is 13.6. The summed E-state index contributed by atoms with van der Waals surface area (Å²) in [6.07, 6.45) is 0. The summed E-state index contributed by atoms with van der Waals surface area (Å²) in [4.78, 5) is 0. The Bertz CT molecular complexity index is 739. The maximum Gasteiger partial charge on any atom is 0.569 e. The van der Waals surface area contributed by atoms with Gasteiger partial charge < -0.3 is 24.3 Å². The van der Waals surface area contributed by atoms with Crippen LogP contribution in [-0.2, 0) is 0 Å². The van der Waals surface area contributed by atoms with Crippen molar-refractivity contribution in [2.75, 3.05) is 13.2 Å². The molecule has 0 aromatic heterocycles. The molecule has 0 spiro atoms. The first-order valence-electron chi connectivity index (χ1n) is 7.60. The zero-order chi connectivity index (χ0) is 21.7. The van der Waals surface area contributed by atoms with E-state index < -0.39 is 17.4 Å². The summed E-state index contributed by atoms with van der Waals surface area (Å²) in [5.41, 5.74) is 0. The second-order valence-corrected chi connectivity index (χ2v) is 6.19. The molecule has 1 radical (unpaired) electrons. The molecule has 12 heteroatoms. The van der Waals surface area contributed by atoms with Crippen molar-refractivity contribution < 1.29 is 43.6 Å². The van der Waals surface area contributed by atoms with Gasteiger partial charge in [-0.3, -0.25) is 10.5 Å². The third-order valence-corrected chi connectivity index (χ3v) is 4.08. The normalized spacial score (nSPS) is 9.32. The van der Waals surface area contributed by atoms with E-state index >= 15 is 0 Å². The number of hydrogen-bond acceptors (Lipinski definition) is 7. The van der Waals surface area contributed by atoms with Gasteiger partial charge in [-0.25, -0.2) is 0 Å². The van der Waals surface area contributed by atoms with Crippen LogP contribution in [0.5, 0.6) is 23.0 Å². The van der Waals surface area contributed by atoms with Gasteiger partial charge >= 0.3 is 7.69 Å². The average Bonchev–Trinajstić information content (AvgIpc) is 2.70. The molecule has 0 saturated carbocycles. The lowest BCUT2D eigenvalue weighted by atomic mass is 10.3. The van der Waals surface area contributed by atoms with Crippen LogP contribution in [0.3, 0.4) is 0 Å². The molecule has 0 unspecified atom stereocenters. The first-order chi connectivity index (χ1) is 13.4. The summed E-state index contributed by atoms with van der Waals surface area (Å²) in [7, 11) is 0.416. The van der Waals surface area contributed by atoms with Crippen LogP contribution >= 0.6 is 31.9 Å². The number of phenols is 1. The van der Waals surface area contributed by atoms with E-state index in [9.17, 15) is 8.78 Å². The molecule has 2 aromatic rings. The van der Waals surface area contributed by atoms with E-state index in [1.54, 1.807) is 19.9 Å². The summed E-state index contributed by atoms with van der Waals surface area (Å²) < 4.78 is 41.8. The Labute approximate surface area is 178 Å². The molecule has 0 bridgehead atoms. The summed E-state index contributed by atoms with van der Waals surface area (Å²) in [6.45, 7) is 4.23. The minimum absolute atomic E-state index is 0.0678. The standard InChI is InChI=1S/C8H8BBrFO3.C8H8BrFO2.H2O2/c1-2-13-6-4-3-5(10)8(7(6)11)14-9-12;1-2-12-6-4-3-5(9)8(11)7(6)10;1-2/h3-4,12H,2H2,1H3;3-4,11H,2H2,1H3;1-2H. The number of benzene rings is 2. The molecule has 0 aliphatic heterocycles. The lowest BCUT2D eigenvalue weighted by Gasteiger charge is -2.10. The molecule has 4 N–H and O–H groups in total. The van der Waals surface area contributed by atoms with Crippen molar-refractivity contribution in [3.8, 4) is 23.0 Å². The van der Waals surface area contributed by atoms with E-state index in [1.807, 2.05) is 0 Å². The second-order valence-electron chi connectivity index (χ2n) is 4.49. The van der Waals surface area contributed by atoms with Crippen molar-refractivity contribution in [2.45, 2.75) is 13.8 Å². The van der Waals surface area contributed by atoms with Crippen molar-refractivity contribution >= 4 is 39.5 Å². The van der Waals surface area contributed by atoms with Gasteiger partial charge in [-0.05, 0) is 70.0 Å². The Hall–Kier alpha value is -1.60. The molecule has 0 aliphatic carbocycles. The predicted octanol–water partition coefficient (Wildman–Crippen LogP) is 4.60. The number of ether oxygens (including phenoxy) is 2. The van der Waals surface area contributed by atoms with E-state index in [2.05, 4.69) is 36.5 Å². The van der Waals surface area contributed by atoms with Crippen LogP contribution in [0.15, 0.2) is 33.2 Å². The van der Waals surface area contributed by atoms with Crippen molar-refractivity contribution in [1.29, 1.82) is 0 Å². The quantitative estimate of drug-likeness (QED) is 0.245. The summed E-state index contributed by atoms with van der Waals surface area (Å²) >= 11 is 6.07. The van der Waals surface area contributed by atoms with Gasteiger partial charge in [0.15, 0.2) is 23.0 Å². The summed E-state index contributed by atoms with van der Waals surface area (Å²) in [5.74, 6) is -1.73. The van der Waals surface area contributed by atoms with E-state index in [-0.39, 0.29) is 17.2 Å². The first-order valence-corrected chi connectivity index (χ1v) is 9.18. The molecular weight excluding hydrogens is 513 g/mol. The fourth-order valence-electron chi connectivity index (χ4n) is 1.73. The maximum absolute atomic E-state index is 13.5. The van der Waals surface area contributed by atoms with Crippen molar-refractivity contribution in [3.63, 3.8) is 0 Å². The Morgan fingerprint density at radius 1 is 0.893 bits per heavy atom. The lowest BCUT2D eigenvalue weighted by molar-refractivity contribution is -0.176. The molecule has 2 rings (SSSR count). The van der Waals surface area contributed by atoms with Gasteiger partial charge in [0.05, 0.1) is 22.2 Å². The summed E-state index contributed by atoms with van der Waals surface area (Å²) in [5, 5.41) is 29.5. The molecule has 7 nitrogen and oxygen atoms in total. The SMILES string of the molecule is CCOc1ccc(Br)c(O)c1F.CCOc1ccc(Br)c(O[B]O)c1F.OO. The highest BCUT2D eigenvalue weighted by Gasteiger charge is 2.14. The predicted molar refractivity (Wildman–Crippen MR) is 106 cm³/mol. The molecule has 0 fully saturated rings. The Morgan fingerprint density at radius 2 is 1.36 bits per heavy atom. The maximum atomic E-state index is 13.5. The molecule has 155 valence electrons. The molecular formula is C16H18BBr2F2O7. The highest BCUT2D eigenvalue weighted by Crippen LogP contribution is 2.34. The van der Waals surface area contributed by atoms with Gasteiger partial charge in [0.25, 0.3) is 0 Å². The van der Waals surface area contributed by atoms with Crippen LogP contribution in [0.4, 0.5) is 8.78 Å². The zero-order valence-electron chi connectivity index (χ0n) is 14.8. The third-order valence-electron chi connectivity index (χ3n) is 2.82. The average molecular weight is 531 g/mol. The molecule has 0 atom stereocenters. The minimum Gasteiger partial charge on any atom is -0.534 e. The number of phenolic OH excluding ortho intramolecular Hbond substituents is 1. The topological polar surface area (TPSA) is 109 Å². The highest BCUT2D eigenvalue weighted by atomic mass is 79.9. The van der Waals surface area contributed by atoms with Crippen molar-refractivity contribution in [1.82, 2.24) is 0 Å². The van der Waals surface area contributed by atoms with Gasteiger partial charge in [-0.15, -0.1) is 0 Å². The lowest BCUT2D eigenvalue weighted by Crippen LogP contribution is -2.04. The van der Waals surface area contributed by atoms with Crippen LogP contribution in [-0.4, -0.2) is 41.5 Å². The second kappa shape index (κ2) is 14.4. The van der Waals surface area contributed by atoms with Gasteiger partial charge in [0, 0.05) is 0 Å². The fraction of sp³-hybridized carbons (Fsp3) is 0.250. The van der Waals surface area contributed by atoms with Crippen LogP contribution in [0.1, 0.15) is 13.8 Å². The number of rotatable bonds is 6. The minimum atomic E-state index is -0.730. The van der Waals surface area contributed by atoms with Gasteiger partial charge in [-0.2, -0.15) is 8.78 Å². The van der Waals surface area contributed by atoms with Crippen molar-refractivity contribution in [3.05, 3.63) is 44.8 Å².